The molecule has 0 atom stereocenters. The van der Waals surface area contributed by atoms with Gasteiger partial charge in [-0.25, -0.2) is 4.79 Å². The maximum atomic E-state index is 12.7. The van der Waals surface area contributed by atoms with Gasteiger partial charge in [0, 0.05) is 22.6 Å². The minimum absolute atomic E-state index is 0.106. The number of carbonyl (C=O) groups is 3. The Balaban J connectivity index is 1.63. The topological polar surface area (TPSA) is 81.7 Å². The molecular weight excluding hydrogens is 434 g/mol. The zero-order valence-electron chi connectivity index (χ0n) is 17.7. The second-order valence-electron chi connectivity index (χ2n) is 7.91. The first-order valence-corrected chi connectivity index (χ1v) is 11.8. The molecule has 31 heavy (non-hydrogen) atoms. The van der Waals surface area contributed by atoms with E-state index in [1.54, 1.807) is 45.0 Å². The van der Waals surface area contributed by atoms with E-state index < -0.39 is 11.7 Å². The Hall–Kier alpha value is -2.45. The fourth-order valence-electron chi connectivity index (χ4n) is 2.88. The lowest BCUT2D eigenvalue weighted by molar-refractivity contribution is 0.0520. The number of nitrogens with one attached hydrogen (secondary N) is 1. The average Bonchev–Trinajstić information content (AvgIpc) is 2.72. The standard InChI is InChI=1S/C23H25NO5S2/c1-23(2,3)29-22(27)24-10-11-28-17-9-8-15-13-30-20(25)18-6-4-5-7-19(18)21(26)31-14-16(15)12-17/h4-9,12H,10-11,13-14H2,1-3H3,(H,24,27). The summed E-state index contributed by atoms with van der Waals surface area (Å²) in [6.45, 7) is 6.00. The number of fused-ring (bicyclic) bond motifs is 2. The van der Waals surface area contributed by atoms with Gasteiger partial charge in [-0.15, -0.1) is 0 Å². The number of carbonyl (C=O) groups excluding carboxylic acids is 3. The van der Waals surface area contributed by atoms with Crippen molar-refractivity contribution in [2.45, 2.75) is 37.9 Å². The van der Waals surface area contributed by atoms with Crippen molar-refractivity contribution in [1.82, 2.24) is 5.32 Å². The predicted octanol–water partition coefficient (Wildman–Crippen LogP) is 5.05. The summed E-state index contributed by atoms with van der Waals surface area (Å²) >= 11 is 2.37. The second kappa shape index (κ2) is 10.2. The molecule has 0 saturated carbocycles. The van der Waals surface area contributed by atoms with E-state index in [2.05, 4.69) is 5.32 Å². The minimum atomic E-state index is -0.548. The molecule has 0 unspecified atom stereocenters. The van der Waals surface area contributed by atoms with Crippen molar-refractivity contribution in [3.05, 3.63) is 64.7 Å². The molecule has 1 aliphatic heterocycles. The van der Waals surface area contributed by atoms with Crippen LogP contribution in [-0.2, 0) is 16.2 Å². The van der Waals surface area contributed by atoms with Crippen LogP contribution in [-0.4, -0.2) is 35.1 Å². The molecule has 0 radical (unpaired) electrons. The van der Waals surface area contributed by atoms with Crippen molar-refractivity contribution in [1.29, 1.82) is 0 Å². The maximum absolute atomic E-state index is 12.7. The van der Waals surface area contributed by atoms with Gasteiger partial charge in [-0.3, -0.25) is 9.59 Å². The number of alkyl carbamates (subject to hydrolysis) is 1. The van der Waals surface area contributed by atoms with Gasteiger partial charge in [-0.1, -0.05) is 41.7 Å². The van der Waals surface area contributed by atoms with E-state index in [9.17, 15) is 14.4 Å². The summed E-state index contributed by atoms with van der Waals surface area (Å²) in [6.07, 6.45) is -0.488. The van der Waals surface area contributed by atoms with Crippen LogP contribution in [0.25, 0.3) is 0 Å². The van der Waals surface area contributed by atoms with E-state index in [1.165, 1.54) is 23.5 Å². The van der Waals surface area contributed by atoms with Crippen LogP contribution in [0.15, 0.2) is 42.5 Å². The Bertz CT molecular complexity index is 984. The minimum Gasteiger partial charge on any atom is -0.492 e. The molecule has 6 nitrogen and oxygen atoms in total. The summed E-state index contributed by atoms with van der Waals surface area (Å²) in [5.41, 5.74) is 2.32. The van der Waals surface area contributed by atoms with E-state index in [0.29, 0.717) is 34.9 Å². The molecule has 1 aliphatic rings. The monoisotopic (exact) mass is 459 g/mol. The van der Waals surface area contributed by atoms with Gasteiger partial charge in [0.25, 0.3) is 0 Å². The van der Waals surface area contributed by atoms with Crippen LogP contribution in [0.1, 0.15) is 52.6 Å². The molecule has 2 aromatic rings. The highest BCUT2D eigenvalue weighted by Gasteiger charge is 2.21. The molecule has 0 spiro atoms. The fraction of sp³-hybridized carbons (Fsp3) is 0.348. The van der Waals surface area contributed by atoms with Crippen LogP contribution in [0.3, 0.4) is 0 Å². The Morgan fingerprint density at radius 1 is 0.968 bits per heavy atom. The van der Waals surface area contributed by atoms with Crippen molar-refractivity contribution < 1.29 is 23.9 Å². The van der Waals surface area contributed by atoms with Gasteiger partial charge in [-0.2, -0.15) is 0 Å². The molecule has 1 heterocycles. The molecule has 3 rings (SSSR count). The first-order chi connectivity index (χ1) is 14.7. The lowest BCUT2D eigenvalue weighted by Gasteiger charge is -2.19. The highest BCUT2D eigenvalue weighted by molar-refractivity contribution is 8.14. The largest absolute Gasteiger partial charge is 0.492 e. The van der Waals surface area contributed by atoms with Crippen LogP contribution in [0, 0.1) is 0 Å². The van der Waals surface area contributed by atoms with Gasteiger partial charge in [0.2, 0.25) is 10.2 Å². The van der Waals surface area contributed by atoms with Crippen molar-refractivity contribution in [2.24, 2.45) is 0 Å². The Morgan fingerprint density at radius 2 is 1.58 bits per heavy atom. The summed E-state index contributed by atoms with van der Waals surface area (Å²) in [4.78, 5) is 36.9. The van der Waals surface area contributed by atoms with Gasteiger partial charge in [-0.05, 0) is 56.2 Å². The molecule has 2 aromatic carbocycles. The second-order valence-corrected chi connectivity index (χ2v) is 9.80. The van der Waals surface area contributed by atoms with Crippen molar-refractivity contribution in [3.63, 3.8) is 0 Å². The van der Waals surface area contributed by atoms with Gasteiger partial charge >= 0.3 is 6.09 Å². The van der Waals surface area contributed by atoms with Crippen LogP contribution in [0.4, 0.5) is 4.79 Å². The molecular formula is C23H25NO5S2. The Morgan fingerprint density at radius 3 is 2.19 bits per heavy atom. The quantitative estimate of drug-likeness (QED) is 0.641. The summed E-state index contributed by atoms with van der Waals surface area (Å²) in [5, 5.41) is 2.42. The van der Waals surface area contributed by atoms with E-state index in [-0.39, 0.29) is 16.8 Å². The number of thioether (sulfide) groups is 2. The highest BCUT2D eigenvalue weighted by atomic mass is 32.2. The van der Waals surface area contributed by atoms with E-state index >= 15 is 0 Å². The third-order valence-corrected chi connectivity index (χ3v) is 6.18. The molecule has 0 aliphatic carbocycles. The van der Waals surface area contributed by atoms with Gasteiger partial charge < -0.3 is 14.8 Å². The van der Waals surface area contributed by atoms with E-state index in [0.717, 1.165) is 11.1 Å². The molecule has 164 valence electrons. The number of hydrogen-bond donors (Lipinski definition) is 1. The van der Waals surface area contributed by atoms with Gasteiger partial charge in [0.1, 0.15) is 18.0 Å². The lowest BCUT2D eigenvalue weighted by Crippen LogP contribution is -2.34. The summed E-state index contributed by atoms with van der Waals surface area (Å²) < 4.78 is 10.9. The molecule has 0 aromatic heterocycles. The average molecular weight is 460 g/mol. The number of benzene rings is 2. The molecule has 0 saturated heterocycles. The maximum Gasteiger partial charge on any atom is 0.407 e. The molecule has 0 fully saturated rings. The highest BCUT2D eigenvalue weighted by Crippen LogP contribution is 2.31. The number of rotatable bonds is 4. The van der Waals surface area contributed by atoms with Crippen molar-refractivity contribution in [3.8, 4) is 5.75 Å². The van der Waals surface area contributed by atoms with Crippen LogP contribution in [0.5, 0.6) is 5.75 Å². The molecule has 1 amide bonds. The summed E-state index contributed by atoms with van der Waals surface area (Å²) in [5.74, 6) is 1.66. The van der Waals surface area contributed by atoms with Crippen LogP contribution in [0.2, 0.25) is 0 Å². The summed E-state index contributed by atoms with van der Waals surface area (Å²) in [7, 11) is 0. The zero-order valence-corrected chi connectivity index (χ0v) is 19.4. The van der Waals surface area contributed by atoms with E-state index in [4.69, 9.17) is 9.47 Å². The zero-order chi connectivity index (χ0) is 22.4. The van der Waals surface area contributed by atoms with Crippen LogP contribution >= 0.6 is 23.5 Å². The molecule has 8 heteroatoms. The van der Waals surface area contributed by atoms with Crippen molar-refractivity contribution in [2.75, 3.05) is 13.2 Å². The third-order valence-electron chi connectivity index (χ3n) is 4.30. The fourth-order valence-corrected chi connectivity index (χ4v) is 4.68. The van der Waals surface area contributed by atoms with Crippen molar-refractivity contribution >= 4 is 39.8 Å². The number of amides is 1. The lowest BCUT2D eigenvalue weighted by atomic mass is 10.1. The Labute approximate surface area is 190 Å². The first-order valence-electron chi connectivity index (χ1n) is 9.88. The van der Waals surface area contributed by atoms with Gasteiger partial charge in [0.05, 0.1) is 6.54 Å². The third kappa shape index (κ3) is 6.77. The molecule has 0 bridgehead atoms. The number of ether oxygens (including phenoxy) is 2. The first kappa shape index (κ1) is 23.2. The predicted molar refractivity (Wildman–Crippen MR) is 124 cm³/mol. The SMILES string of the molecule is CC(C)(C)OC(=O)NCCOc1ccc2c(c1)CSC(=O)c1ccccc1C(=O)SC2. The summed E-state index contributed by atoms with van der Waals surface area (Å²) in [6, 6.07) is 12.6. The van der Waals surface area contributed by atoms with Gasteiger partial charge in [0.15, 0.2) is 0 Å². The number of hydrogen-bond acceptors (Lipinski definition) is 7. The normalized spacial score (nSPS) is 14.3. The molecule has 1 N–H and O–H groups in total. The Kier molecular flexibility index (Phi) is 7.67. The smallest absolute Gasteiger partial charge is 0.407 e. The van der Waals surface area contributed by atoms with Crippen LogP contribution < -0.4 is 10.1 Å². The van der Waals surface area contributed by atoms with E-state index in [1.807, 2.05) is 18.2 Å².